The second kappa shape index (κ2) is 8.12. The van der Waals surface area contributed by atoms with Crippen LogP contribution >= 0.6 is 11.6 Å². The number of ketones is 1. The maximum absolute atomic E-state index is 13.1. The van der Waals surface area contributed by atoms with Crippen molar-refractivity contribution >= 4 is 29.4 Å². The summed E-state index contributed by atoms with van der Waals surface area (Å²) < 4.78 is 29.2. The minimum atomic E-state index is -0.475. The number of esters is 1. The number of allylic oxidation sites excluding steroid dienone is 1. The molecule has 3 aromatic rings. The Morgan fingerprint density at radius 2 is 2.00 bits per heavy atom. The van der Waals surface area contributed by atoms with Crippen LogP contribution in [0.2, 0.25) is 5.15 Å². The van der Waals surface area contributed by atoms with Gasteiger partial charge in [0.1, 0.15) is 23.1 Å². The fourth-order valence-corrected chi connectivity index (χ4v) is 3.15. The van der Waals surface area contributed by atoms with Crippen LogP contribution in [0.4, 0.5) is 4.39 Å². The zero-order chi connectivity index (χ0) is 21.3. The molecule has 0 fully saturated rings. The van der Waals surface area contributed by atoms with Gasteiger partial charge in [-0.15, -0.1) is 0 Å². The van der Waals surface area contributed by atoms with E-state index in [9.17, 15) is 14.0 Å². The number of fused-ring (bicyclic) bond motifs is 1. The molecular weight excluding hydrogens is 413 g/mol. The lowest BCUT2D eigenvalue weighted by atomic mass is 10.1. The molecule has 2 heterocycles. The smallest absolute Gasteiger partial charge is 0.311 e. The lowest BCUT2D eigenvalue weighted by Crippen LogP contribution is -2.10. The Labute approximate surface area is 175 Å². The van der Waals surface area contributed by atoms with Gasteiger partial charge in [-0.25, -0.2) is 4.39 Å². The molecule has 152 valence electrons. The zero-order valence-corrected chi connectivity index (χ0v) is 16.5. The molecule has 0 radical (unpaired) electrons. The van der Waals surface area contributed by atoms with Crippen molar-refractivity contribution in [1.29, 1.82) is 0 Å². The Bertz CT molecular complexity index is 1170. The molecule has 1 aliphatic rings. The van der Waals surface area contributed by atoms with Crippen molar-refractivity contribution in [2.45, 2.75) is 19.8 Å². The molecule has 30 heavy (non-hydrogen) atoms. The number of hydrogen-bond acceptors (Lipinski definition) is 6. The summed E-state index contributed by atoms with van der Waals surface area (Å²) in [6.07, 6.45) is 1.90. The van der Waals surface area contributed by atoms with Crippen LogP contribution in [0.5, 0.6) is 11.5 Å². The molecule has 4 rings (SSSR count). The van der Waals surface area contributed by atoms with Gasteiger partial charge in [-0.05, 0) is 42.8 Å². The summed E-state index contributed by atoms with van der Waals surface area (Å²) in [5.74, 6) is 0.0886. The van der Waals surface area contributed by atoms with Gasteiger partial charge < -0.3 is 14.0 Å². The maximum Gasteiger partial charge on any atom is 0.311 e. The van der Waals surface area contributed by atoms with Gasteiger partial charge in [0, 0.05) is 18.1 Å². The summed E-state index contributed by atoms with van der Waals surface area (Å²) >= 11 is 5.68. The van der Waals surface area contributed by atoms with Crippen LogP contribution in [0.25, 0.3) is 6.08 Å². The third-order valence-electron chi connectivity index (χ3n) is 4.53. The average Bonchev–Trinajstić information content (AvgIpc) is 3.28. The number of rotatable bonds is 5. The molecule has 0 saturated carbocycles. The van der Waals surface area contributed by atoms with E-state index in [1.54, 1.807) is 31.2 Å². The first-order valence-corrected chi connectivity index (χ1v) is 9.43. The van der Waals surface area contributed by atoms with Crippen molar-refractivity contribution in [1.82, 2.24) is 5.16 Å². The number of benzene rings is 2. The summed E-state index contributed by atoms with van der Waals surface area (Å²) in [5.41, 5.74) is 1.53. The minimum Gasteiger partial charge on any atom is -0.452 e. The minimum absolute atomic E-state index is 0.0670. The molecule has 0 bridgehead atoms. The predicted molar refractivity (Wildman–Crippen MR) is 106 cm³/mol. The summed E-state index contributed by atoms with van der Waals surface area (Å²) in [5, 5.41) is 3.77. The number of halogens is 2. The highest BCUT2D eigenvalue weighted by Gasteiger charge is 2.30. The highest BCUT2D eigenvalue weighted by molar-refractivity contribution is 6.29. The molecule has 0 aliphatic carbocycles. The van der Waals surface area contributed by atoms with Crippen molar-refractivity contribution in [2.24, 2.45) is 0 Å². The predicted octanol–water partition coefficient (Wildman–Crippen LogP) is 4.93. The normalized spacial score (nSPS) is 14.0. The van der Waals surface area contributed by atoms with Crippen LogP contribution in [-0.2, 0) is 11.2 Å². The van der Waals surface area contributed by atoms with Gasteiger partial charge in [0.25, 0.3) is 0 Å². The molecule has 6 nitrogen and oxygen atoms in total. The van der Waals surface area contributed by atoms with E-state index in [-0.39, 0.29) is 28.9 Å². The topological polar surface area (TPSA) is 78.6 Å². The van der Waals surface area contributed by atoms with Crippen LogP contribution in [0.15, 0.2) is 52.7 Å². The zero-order valence-electron chi connectivity index (χ0n) is 15.8. The lowest BCUT2D eigenvalue weighted by Gasteiger charge is -2.09. The van der Waals surface area contributed by atoms with Gasteiger partial charge in [-0.3, -0.25) is 9.59 Å². The van der Waals surface area contributed by atoms with Gasteiger partial charge in [-0.1, -0.05) is 28.9 Å². The van der Waals surface area contributed by atoms with E-state index in [0.29, 0.717) is 40.4 Å². The van der Waals surface area contributed by atoms with E-state index in [4.69, 9.17) is 25.6 Å². The third kappa shape index (κ3) is 4.11. The van der Waals surface area contributed by atoms with Gasteiger partial charge in [0.05, 0.1) is 12.0 Å². The first-order valence-electron chi connectivity index (χ1n) is 9.06. The molecule has 1 aromatic heterocycles. The number of Topliss-reactive ketones (excluding diaryl/α,β-unsaturated/α-hetero) is 1. The van der Waals surface area contributed by atoms with Crippen LogP contribution in [0.3, 0.4) is 0 Å². The Morgan fingerprint density at radius 1 is 1.23 bits per heavy atom. The fourth-order valence-electron chi connectivity index (χ4n) is 2.99. The average molecular weight is 428 g/mol. The highest BCUT2D eigenvalue weighted by Crippen LogP contribution is 2.39. The Kier molecular flexibility index (Phi) is 5.37. The molecule has 2 aromatic carbocycles. The standard InChI is InChI=1S/C22H15ClFNO5/c1-12-17(28-20(26)9-6-15-11-19(23)25-30-15)8-7-16-21(27)18(29-22(12)16)10-13-2-4-14(24)5-3-13/h2-5,7-8,10-11H,6,9H2,1H3/b18-10-. The Morgan fingerprint density at radius 3 is 2.70 bits per heavy atom. The number of aryl methyl sites for hydroxylation is 1. The van der Waals surface area contributed by atoms with E-state index in [0.717, 1.165) is 0 Å². The van der Waals surface area contributed by atoms with Crippen molar-refractivity contribution in [3.8, 4) is 11.5 Å². The van der Waals surface area contributed by atoms with Gasteiger partial charge in [0.2, 0.25) is 5.78 Å². The third-order valence-corrected chi connectivity index (χ3v) is 4.71. The monoisotopic (exact) mass is 427 g/mol. The van der Waals surface area contributed by atoms with E-state index in [1.807, 2.05) is 0 Å². The summed E-state index contributed by atoms with van der Waals surface area (Å²) in [4.78, 5) is 24.8. The van der Waals surface area contributed by atoms with E-state index < -0.39 is 5.97 Å². The molecule has 8 heteroatoms. The molecule has 0 atom stereocenters. The lowest BCUT2D eigenvalue weighted by molar-refractivity contribution is -0.134. The van der Waals surface area contributed by atoms with Crippen molar-refractivity contribution < 1.29 is 28.0 Å². The van der Waals surface area contributed by atoms with Crippen molar-refractivity contribution in [3.05, 3.63) is 81.6 Å². The summed E-state index contributed by atoms with van der Waals surface area (Å²) in [6.45, 7) is 1.70. The first kappa shape index (κ1) is 19.8. The number of hydrogen-bond donors (Lipinski definition) is 0. The Hall–Kier alpha value is -3.45. The quantitative estimate of drug-likeness (QED) is 0.326. The number of aromatic nitrogens is 1. The first-order chi connectivity index (χ1) is 14.4. The van der Waals surface area contributed by atoms with E-state index in [2.05, 4.69) is 5.16 Å². The molecule has 0 unspecified atom stereocenters. The van der Waals surface area contributed by atoms with Crippen molar-refractivity contribution in [3.63, 3.8) is 0 Å². The van der Waals surface area contributed by atoms with Crippen LogP contribution in [-0.4, -0.2) is 16.9 Å². The second-order valence-corrected chi connectivity index (χ2v) is 7.03. The number of carbonyl (C=O) groups excluding carboxylic acids is 2. The van der Waals surface area contributed by atoms with Crippen LogP contribution in [0.1, 0.15) is 33.7 Å². The number of nitrogens with zero attached hydrogens (tertiary/aromatic N) is 1. The molecule has 0 N–H and O–H groups in total. The highest BCUT2D eigenvalue weighted by atomic mass is 35.5. The molecule has 1 aliphatic heterocycles. The maximum atomic E-state index is 13.1. The van der Waals surface area contributed by atoms with Gasteiger partial charge >= 0.3 is 5.97 Å². The molecular formula is C22H15ClFNO5. The van der Waals surface area contributed by atoms with E-state index >= 15 is 0 Å². The van der Waals surface area contributed by atoms with Crippen LogP contribution in [0, 0.1) is 12.7 Å². The fraction of sp³-hybridized carbons (Fsp3) is 0.136. The van der Waals surface area contributed by atoms with Gasteiger partial charge in [-0.2, -0.15) is 0 Å². The largest absolute Gasteiger partial charge is 0.452 e. The van der Waals surface area contributed by atoms with E-state index in [1.165, 1.54) is 24.3 Å². The number of ether oxygens (including phenoxy) is 2. The van der Waals surface area contributed by atoms with Crippen LogP contribution < -0.4 is 9.47 Å². The Balaban J connectivity index is 1.48. The molecule has 0 amide bonds. The van der Waals surface area contributed by atoms with Gasteiger partial charge in [0.15, 0.2) is 10.9 Å². The summed E-state index contributed by atoms with van der Waals surface area (Å²) in [7, 11) is 0. The molecule has 0 saturated heterocycles. The summed E-state index contributed by atoms with van der Waals surface area (Å²) in [6, 6.07) is 10.3. The van der Waals surface area contributed by atoms with Crippen molar-refractivity contribution in [2.75, 3.05) is 0 Å². The SMILES string of the molecule is Cc1c(OC(=O)CCc2cc(Cl)no2)ccc2c1O/C(=C\c1ccc(F)cc1)C2=O. The second-order valence-electron chi connectivity index (χ2n) is 6.65. The molecule has 0 spiro atoms. The number of carbonyl (C=O) groups is 2.